The molecular formula is C13H12N4. The molecule has 2 N–H and O–H groups in total. The van der Waals surface area contributed by atoms with E-state index in [2.05, 4.69) is 21.3 Å². The van der Waals surface area contributed by atoms with Crippen molar-refractivity contribution in [1.82, 2.24) is 4.98 Å². The summed E-state index contributed by atoms with van der Waals surface area (Å²) in [5.41, 5.74) is 8.37. The van der Waals surface area contributed by atoms with Crippen LogP contribution in [0.15, 0.2) is 46.6 Å². The van der Waals surface area contributed by atoms with Crippen LogP contribution in [0.3, 0.4) is 0 Å². The molecule has 1 aliphatic heterocycles. The van der Waals surface area contributed by atoms with Crippen LogP contribution in [0.2, 0.25) is 0 Å². The highest BCUT2D eigenvalue weighted by atomic mass is 15.2. The number of nitrogens with two attached hydrogens (primary N) is 1. The van der Waals surface area contributed by atoms with Crippen molar-refractivity contribution in [2.75, 3.05) is 0 Å². The molecule has 0 fully saturated rings. The summed E-state index contributed by atoms with van der Waals surface area (Å²) in [6.45, 7) is 0. The number of fused-ring (bicyclic) bond motifs is 1. The molecule has 0 saturated carbocycles. The summed E-state index contributed by atoms with van der Waals surface area (Å²) in [6, 6.07) is 12.1. The van der Waals surface area contributed by atoms with Crippen LogP contribution in [0.25, 0.3) is 10.9 Å². The standard InChI is InChI=1S/C13H12N4/c14-13-8-7-12(16-17-13)11-6-5-9-3-1-2-4-10(9)15-11/h1-6H,7-8H2,(H2,14,17). The van der Waals surface area contributed by atoms with Gasteiger partial charge in [0, 0.05) is 18.2 Å². The molecule has 0 bridgehead atoms. The third kappa shape index (κ3) is 1.89. The van der Waals surface area contributed by atoms with Crippen LogP contribution in [-0.4, -0.2) is 16.5 Å². The van der Waals surface area contributed by atoms with Gasteiger partial charge in [-0.25, -0.2) is 4.98 Å². The predicted molar refractivity (Wildman–Crippen MR) is 69.1 cm³/mol. The Morgan fingerprint density at radius 2 is 1.82 bits per heavy atom. The van der Waals surface area contributed by atoms with Gasteiger partial charge in [-0.05, 0) is 12.1 Å². The quantitative estimate of drug-likeness (QED) is 0.806. The molecule has 1 aromatic carbocycles. The normalized spacial score (nSPS) is 15.5. The maximum atomic E-state index is 5.59. The number of rotatable bonds is 1. The van der Waals surface area contributed by atoms with Crippen LogP contribution < -0.4 is 5.73 Å². The topological polar surface area (TPSA) is 63.6 Å². The van der Waals surface area contributed by atoms with E-state index < -0.39 is 0 Å². The third-order valence-corrected chi connectivity index (χ3v) is 2.81. The van der Waals surface area contributed by atoms with Crippen LogP contribution in [0.1, 0.15) is 18.5 Å². The second-order valence-electron chi connectivity index (χ2n) is 4.03. The zero-order chi connectivity index (χ0) is 11.7. The molecule has 2 aromatic rings. The Morgan fingerprint density at radius 1 is 0.941 bits per heavy atom. The largest absolute Gasteiger partial charge is 0.386 e. The lowest BCUT2D eigenvalue weighted by Gasteiger charge is -2.09. The van der Waals surface area contributed by atoms with Gasteiger partial charge < -0.3 is 5.73 Å². The molecule has 0 saturated heterocycles. The summed E-state index contributed by atoms with van der Waals surface area (Å²) in [6.07, 6.45) is 1.56. The maximum Gasteiger partial charge on any atom is 0.122 e. The van der Waals surface area contributed by atoms with Gasteiger partial charge in [-0.2, -0.15) is 5.10 Å². The number of benzene rings is 1. The smallest absolute Gasteiger partial charge is 0.122 e. The average molecular weight is 224 g/mol. The van der Waals surface area contributed by atoms with E-state index in [-0.39, 0.29) is 0 Å². The highest BCUT2D eigenvalue weighted by Crippen LogP contribution is 2.15. The summed E-state index contributed by atoms with van der Waals surface area (Å²) in [4.78, 5) is 4.58. The molecule has 17 heavy (non-hydrogen) atoms. The molecule has 0 radical (unpaired) electrons. The molecular weight excluding hydrogens is 212 g/mol. The molecule has 0 atom stereocenters. The van der Waals surface area contributed by atoms with Gasteiger partial charge in [-0.3, -0.25) is 0 Å². The maximum absolute atomic E-state index is 5.59. The van der Waals surface area contributed by atoms with E-state index in [0.717, 1.165) is 35.2 Å². The number of aromatic nitrogens is 1. The first-order valence-electron chi connectivity index (χ1n) is 5.58. The zero-order valence-electron chi connectivity index (χ0n) is 9.30. The van der Waals surface area contributed by atoms with Gasteiger partial charge in [-0.1, -0.05) is 24.3 Å². The highest BCUT2D eigenvalue weighted by Gasteiger charge is 2.11. The van der Waals surface area contributed by atoms with Crippen LogP contribution in [0.4, 0.5) is 0 Å². The average Bonchev–Trinajstić information content (AvgIpc) is 2.39. The van der Waals surface area contributed by atoms with Crippen molar-refractivity contribution >= 4 is 22.5 Å². The predicted octanol–water partition coefficient (Wildman–Crippen LogP) is 2.09. The van der Waals surface area contributed by atoms with Crippen molar-refractivity contribution in [1.29, 1.82) is 0 Å². The van der Waals surface area contributed by atoms with Crippen LogP contribution in [0.5, 0.6) is 0 Å². The SMILES string of the molecule is NC1=NN=C(c2ccc3ccccc3n2)CC1. The van der Waals surface area contributed by atoms with Gasteiger partial charge in [0.2, 0.25) is 0 Å². The molecule has 4 nitrogen and oxygen atoms in total. The fourth-order valence-electron chi connectivity index (χ4n) is 1.88. The lowest BCUT2D eigenvalue weighted by atomic mass is 10.1. The molecule has 2 heterocycles. The minimum atomic E-state index is 0.592. The fourth-order valence-corrected chi connectivity index (χ4v) is 1.88. The molecule has 0 unspecified atom stereocenters. The zero-order valence-corrected chi connectivity index (χ0v) is 9.30. The van der Waals surface area contributed by atoms with E-state index in [4.69, 9.17) is 5.73 Å². The molecule has 1 aromatic heterocycles. The first-order valence-corrected chi connectivity index (χ1v) is 5.58. The summed E-state index contributed by atoms with van der Waals surface area (Å²) >= 11 is 0. The van der Waals surface area contributed by atoms with Crippen LogP contribution in [0, 0.1) is 0 Å². The monoisotopic (exact) mass is 224 g/mol. The fraction of sp³-hybridized carbons (Fsp3) is 0.154. The molecule has 1 aliphatic rings. The summed E-state index contributed by atoms with van der Waals surface area (Å²) in [5.74, 6) is 0.592. The third-order valence-electron chi connectivity index (χ3n) is 2.81. The Balaban J connectivity index is 2.07. The highest BCUT2D eigenvalue weighted by molar-refractivity contribution is 6.03. The van der Waals surface area contributed by atoms with Gasteiger partial charge in [0.1, 0.15) is 5.84 Å². The van der Waals surface area contributed by atoms with Crippen molar-refractivity contribution in [3.63, 3.8) is 0 Å². The Labute approximate surface area is 98.9 Å². The van der Waals surface area contributed by atoms with E-state index in [0.29, 0.717) is 5.84 Å². The number of hydrogen-bond acceptors (Lipinski definition) is 4. The molecule has 0 amide bonds. The molecule has 3 rings (SSSR count). The van der Waals surface area contributed by atoms with Crippen molar-refractivity contribution < 1.29 is 0 Å². The summed E-state index contributed by atoms with van der Waals surface area (Å²) in [7, 11) is 0. The van der Waals surface area contributed by atoms with Crippen molar-refractivity contribution in [2.24, 2.45) is 15.9 Å². The summed E-state index contributed by atoms with van der Waals surface area (Å²) < 4.78 is 0. The van der Waals surface area contributed by atoms with Gasteiger partial charge >= 0.3 is 0 Å². The molecule has 0 spiro atoms. The van der Waals surface area contributed by atoms with Gasteiger partial charge in [0.05, 0.1) is 16.9 Å². The minimum absolute atomic E-state index is 0.592. The number of hydrogen-bond donors (Lipinski definition) is 1. The Kier molecular flexibility index (Phi) is 2.33. The van der Waals surface area contributed by atoms with E-state index in [1.165, 1.54) is 0 Å². The Bertz CT molecular complexity index is 628. The van der Waals surface area contributed by atoms with Crippen molar-refractivity contribution in [2.45, 2.75) is 12.8 Å². The number of pyridine rings is 1. The minimum Gasteiger partial charge on any atom is -0.386 e. The van der Waals surface area contributed by atoms with Crippen molar-refractivity contribution in [3.8, 4) is 0 Å². The van der Waals surface area contributed by atoms with Gasteiger partial charge in [-0.15, -0.1) is 5.10 Å². The van der Waals surface area contributed by atoms with Crippen molar-refractivity contribution in [3.05, 3.63) is 42.1 Å². The van der Waals surface area contributed by atoms with E-state index in [1.807, 2.05) is 30.3 Å². The Hall–Kier alpha value is -2.23. The summed E-state index contributed by atoms with van der Waals surface area (Å²) in [5, 5.41) is 9.15. The van der Waals surface area contributed by atoms with E-state index in [9.17, 15) is 0 Å². The number of nitrogens with zero attached hydrogens (tertiary/aromatic N) is 3. The lowest BCUT2D eigenvalue weighted by Crippen LogP contribution is -2.18. The van der Waals surface area contributed by atoms with Gasteiger partial charge in [0.15, 0.2) is 0 Å². The first kappa shape index (κ1) is 9.96. The lowest BCUT2D eigenvalue weighted by molar-refractivity contribution is 1.01. The molecule has 84 valence electrons. The second kappa shape index (κ2) is 3.97. The number of para-hydroxylation sites is 1. The van der Waals surface area contributed by atoms with E-state index in [1.54, 1.807) is 0 Å². The molecule has 0 aliphatic carbocycles. The van der Waals surface area contributed by atoms with E-state index >= 15 is 0 Å². The first-order chi connectivity index (χ1) is 8.33. The Morgan fingerprint density at radius 3 is 2.65 bits per heavy atom. The second-order valence-corrected chi connectivity index (χ2v) is 4.03. The number of amidine groups is 1. The van der Waals surface area contributed by atoms with Crippen LogP contribution >= 0.6 is 0 Å². The molecule has 4 heteroatoms. The van der Waals surface area contributed by atoms with Crippen LogP contribution in [-0.2, 0) is 0 Å². The van der Waals surface area contributed by atoms with Gasteiger partial charge in [0.25, 0.3) is 0 Å².